The van der Waals surface area contributed by atoms with Crippen LogP contribution in [0, 0.1) is 5.92 Å². The van der Waals surface area contributed by atoms with Gasteiger partial charge in [-0.15, -0.1) is 0 Å². The maximum Gasteiger partial charge on any atom is 0.229 e. The number of fused-ring (bicyclic) bond motifs is 1. The van der Waals surface area contributed by atoms with Gasteiger partial charge < -0.3 is 5.32 Å². The van der Waals surface area contributed by atoms with Crippen molar-refractivity contribution < 1.29 is 13.2 Å². The molecule has 2 N–H and O–H groups in total. The van der Waals surface area contributed by atoms with Gasteiger partial charge in [-0.05, 0) is 30.9 Å². The summed E-state index contributed by atoms with van der Waals surface area (Å²) < 4.78 is 27.1. The summed E-state index contributed by atoms with van der Waals surface area (Å²) in [4.78, 5) is 20.8. The molecule has 0 spiro atoms. The Morgan fingerprint density at radius 1 is 1.26 bits per heavy atom. The van der Waals surface area contributed by atoms with Gasteiger partial charge in [0.1, 0.15) is 5.82 Å². The lowest BCUT2D eigenvalue weighted by Crippen LogP contribution is -2.13. The number of amides is 1. The number of benzene rings is 1. The lowest BCUT2D eigenvalue weighted by Gasteiger charge is -2.08. The first-order valence-electron chi connectivity index (χ1n) is 8.58. The number of carbonyl (C=O) groups is 1. The molecule has 0 bridgehead atoms. The van der Waals surface area contributed by atoms with Crippen molar-refractivity contribution in [3.63, 3.8) is 0 Å². The molecule has 0 saturated heterocycles. The van der Waals surface area contributed by atoms with Crippen LogP contribution in [-0.2, 0) is 14.8 Å². The van der Waals surface area contributed by atoms with Gasteiger partial charge in [0, 0.05) is 23.9 Å². The fourth-order valence-electron chi connectivity index (χ4n) is 2.86. The average Bonchev–Trinajstić information content (AvgIpc) is 3.32. The fourth-order valence-corrected chi connectivity index (χ4v) is 3.42. The van der Waals surface area contributed by atoms with E-state index in [-0.39, 0.29) is 5.91 Å². The number of anilines is 2. The molecule has 1 aliphatic rings. The van der Waals surface area contributed by atoms with E-state index in [4.69, 9.17) is 0 Å². The van der Waals surface area contributed by atoms with Gasteiger partial charge in [-0.3, -0.25) is 18.9 Å². The number of nitrogens with zero attached hydrogens (tertiary/aromatic N) is 3. The van der Waals surface area contributed by atoms with Gasteiger partial charge in [0.05, 0.1) is 24.3 Å². The molecule has 27 heavy (non-hydrogen) atoms. The molecule has 4 rings (SSSR count). The number of imidazole rings is 1. The summed E-state index contributed by atoms with van der Waals surface area (Å²) in [7, 11) is -3.36. The van der Waals surface area contributed by atoms with Gasteiger partial charge in [-0.1, -0.05) is 12.1 Å². The van der Waals surface area contributed by atoms with E-state index in [2.05, 4.69) is 20.0 Å². The quantitative estimate of drug-likeness (QED) is 0.678. The van der Waals surface area contributed by atoms with Gasteiger partial charge >= 0.3 is 0 Å². The maximum absolute atomic E-state index is 12.1. The molecule has 3 aromatic rings. The van der Waals surface area contributed by atoms with E-state index in [9.17, 15) is 13.2 Å². The Morgan fingerprint density at radius 3 is 2.81 bits per heavy atom. The predicted molar refractivity (Wildman–Crippen MR) is 103 cm³/mol. The Hall–Kier alpha value is -2.94. The first kappa shape index (κ1) is 17.5. The third kappa shape index (κ3) is 4.25. The van der Waals surface area contributed by atoms with Crippen LogP contribution < -0.4 is 10.0 Å². The molecule has 9 heteroatoms. The lowest BCUT2D eigenvalue weighted by molar-refractivity contribution is -0.116. The number of nitrogens with one attached hydrogen (secondary N) is 2. The van der Waals surface area contributed by atoms with Crippen molar-refractivity contribution in [3.05, 3.63) is 42.9 Å². The van der Waals surface area contributed by atoms with Crippen molar-refractivity contribution in [1.29, 1.82) is 0 Å². The van der Waals surface area contributed by atoms with Crippen LogP contribution in [-0.4, -0.2) is 34.9 Å². The van der Waals surface area contributed by atoms with Crippen molar-refractivity contribution in [3.8, 4) is 11.3 Å². The summed E-state index contributed by atoms with van der Waals surface area (Å²) >= 11 is 0. The summed E-state index contributed by atoms with van der Waals surface area (Å²) in [6.07, 6.45) is 8.86. The molecule has 2 heterocycles. The van der Waals surface area contributed by atoms with Crippen LogP contribution in [0.1, 0.15) is 19.3 Å². The molecular formula is C18H19N5O3S. The highest BCUT2D eigenvalue weighted by atomic mass is 32.2. The van der Waals surface area contributed by atoms with E-state index in [1.807, 2.05) is 6.07 Å². The normalized spacial score (nSPS) is 14.3. The summed E-state index contributed by atoms with van der Waals surface area (Å²) in [5, 5.41) is 2.90. The zero-order valence-corrected chi connectivity index (χ0v) is 15.5. The number of carbonyl (C=O) groups excluding carboxylic acids is 1. The average molecular weight is 385 g/mol. The van der Waals surface area contributed by atoms with Gasteiger partial charge in [-0.2, -0.15) is 0 Å². The lowest BCUT2D eigenvalue weighted by atomic mass is 10.1. The summed E-state index contributed by atoms with van der Waals surface area (Å²) in [5.41, 5.74) is 2.45. The number of hydrogen-bond donors (Lipinski definition) is 2. The van der Waals surface area contributed by atoms with Gasteiger partial charge in [0.15, 0.2) is 5.65 Å². The minimum atomic E-state index is -3.36. The molecule has 1 saturated carbocycles. The van der Waals surface area contributed by atoms with E-state index in [1.165, 1.54) is 0 Å². The van der Waals surface area contributed by atoms with Gasteiger partial charge in [0.25, 0.3) is 0 Å². The van der Waals surface area contributed by atoms with Crippen molar-refractivity contribution >= 4 is 33.1 Å². The highest BCUT2D eigenvalue weighted by molar-refractivity contribution is 7.92. The monoisotopic (exact) mass is 385 g/mol. The number of hydrogen-bond acceptors (Lipinski definition) is 5. The Morgan fingerprint density at radius 2 is 2.07 bits per heavy atom. The first-order chi connectivity index (χ1) is 12.9. The van der Waals surface area contributed by atoms with Gasteiger partial charge in [-0.25, -0.2) is 13.4 Å². The summed E-state index contributed by atoms with van der Waals surface area (Å²) in [6.45, 7) is 0. The molecule has 0 aliphatic heterocycles. The number of aromatic nitrogens is 3. The second-order valence-electron chi connectivity index (χ2n) is 6.79. The summed E-state index contributed by atoms with van der Waals surface area (Å²) in [6, 6.07) is 6.96. The van der Waals surface area contributed by atoms with Crippen LogP contribution >= 0.6 is 0 Å². The van der Waals surface area contributed by atoms with Gasteiger partial charge in [0.2, 0.25) is 15.9 Å². The number of rotatable bonds is 6. The molecule has 0 radical (unpaired) electrons. The highest BCUT2D eigenvalue weighted by Crippen LogP contribution is 2.32. The zero-order valence-electron chi connectivity index (χ0n) is 14.7. The van der Waals surface area contributed by atoms with Crippen LogP contribution in [0.3, 0.4) is 0 Å². The third-order valence-electron chi connectivity index (χ3n) is 4.30. The van der Waals surface area contributed by atoms with E-state index >= 15 is 0 Å². The van der Waals surface area contributed by atoms with Crippen molar-refractivity contribution in [2.75, 3.05) is 16.3 Å². The second-order valence-corrected chi connectivity index (χ2v) is 8.54. The van der Waals surface area contributed by atoms with E-state index in [0.29, 0.717) is 35.2 Å². The Balaban J connectivity index is 1.63. The Bertz CT molecular complexity index is 1120. The minimum absolute atomic E-state index is 0.0167. The van der Waals surface area contributed by atoms with E-state index < -0.39 is 10.0 Å². The third-order valence-corrected chi connectivity index (χ3v) is 4.90. The van der Waals surface area contributed by atoms with Crippen molar-refractivity contribution in [2.45, 2.75) is 19.3 Å². The van der Waals surface area contributed by atoms with Crippen LogP contribution in [0.4, 0.5) is 11.5 Å². The van der Waals surface area contributed by atoms with Crippen LogP contribution in [0.25, 0.3) is 16.9 Å². The van der Waals surface area contributed by atoms with Crippen LogP contribution in [0.2, 0.25) is 0 Å². The Labute approximate surface area is 156 Å². The first-order valence-corrected chi connectivity index (χ1v) is 10.5. The SMILES string of the molecule is CS(=O)(=O)Nc1cccc(-c2cn3c(NC(=O)CC4CC4)cnc3cn2)c1. The van der Waals surface area contributed by atoms with Crippen LogP contribution in [0.15, 0.2) is 42.9 Å². The number of sulfonamides is 1. The molecule has 1 amide bonds. The molecule has 1 aliphatic carbocycles. The highest BCUT2D eigenvalue weighted by Gasteiger charge is 2.24. The standard InChI is InChI=1S/C18H19N5O3S/c1-27(25,26)22-14-4-2-3-13(8-14)15-11-23-16(9-19-15)20-10-17(23)21-18(24)7-12-5-6-12/h2-4,8-12,22H,5-7H2,1H3,(H,21,24). The van der Waals surface area contributed by atoms with Crippen LogP contribution in [0.5, 0.6) is 0 Å². The molecule has 0 atom stereocenters. The molecular weight excluding hydrogens is 366 g/mol. The van der Waals surface area contributed by atoms with E-state index in [1.54, 1.807) is 41.2 Å². The zero-order chi connectivity index (χ0) is 19.0. The maximum atomic E-state index is 12.1. The molecule has 2 aromatic heterocycles. The molecule has 8 nitrogen and oxygen atoms in total. The largest absolute Gasteiger partial charge is 0.310 e. The molecule has 140 valence electrons. The molecule has 1 fully saturated rings. The second kappa shape index (κ2) is 6.66. The van der Waals surface area contributed by atoms with Crippen molar-refractivity contribution in [2.24, 2.45) is 5.92 Å². The van der Waals surface area contributed by atoms with Crippen molar-refractivity contribution in [1.82, 2.24) is 14.4 Å². The Kier molecular flexibility index (Phi) is 4.31. The smallest absolute Gasteiger partial charge is 0.229 e. The molecule has 0 unspecified atom stereocenters. The fraction of sp³-hybridized carbons (Fsp3) is 0.278. The molecule has 1 aromatic carbocycles. The predicted octanol–water partition coefficient (Wildman–Crippen LogP) is 2.51. The van der Waals surface area contributed by atoms with E-state index in [0.717, 1.165) is 24.7 Å². The summed E-state index contributed by atoms with van der Waals surface area (Å²) in [5.74, 6) is 1.08. The topological polar surface area (TPSA) is 105 Å². The minimum Gasteiger partial charge on any atom is -0.310 e.